The zero-order valence-corrected chi connectivity index (χ0v) is 16.6. The highest BCUT2D eigenvalue weighted by atomic mass is 19.1. The summed E-state index contributed by atoms with van der Waals surface area (Å²) in [6.45, 7) is 1.63. The van der Waals surface area contributed by atoms with Gasteiger partial charge in [-0.2, -0.15) is 4.39 Å². The second-order valence-corrected chi connectivity index (χ2v) is 6.91. The molecule has 0 spiro atoms. The van der Waals surface area contributed by atoms with E-state index in [1.54, 1.807) is 24.3 Å². The molecule has 4 aromatic rings. The van der Waals surface area contributed by atoms with Gasteiger partial charge in [0.1, 0.15) is 0 Å². The standard InChI is InChI=1S/C21H15F2N5O4/c1-10-13-6-15(22)18(30)17(23)19(13)32-21(31)14(10)7-16(29)24-8-11-2-4-12(5-3-11)20-27-25-9-26-28-20/h2-6,9,30H,7-8H2,1H3,(H,24,29). The molecule has 0 aliphatic carbocycles. The van der Waals surface area contributed by atoms with E-state index >= 15 is 0 Å². The topological polar surface area (TPSA) is 131 Å². The van der Waals surface area contributed by atoms with Crippen molar-refractivity contribution in [2.45, 2.75) is 19.9 Å². The van der Waals surface area contributed by atoms with E-state index in [-0.39, 0.29) is 29.5 Å². The van der Waals surface area contributed by atoms with Crippen LogP contribution < -0.4 is 10.9 Å². The number of phenols is 1. The van der Waals surface area contributed by atoms with Gasteiger partial charge >= 0.3 is 5.63 Å². The van der Waals surface area contributed by atoms with Gasteiger partial charge in [0.05, 0.1) is 12.0 Å². The first-order chi connectivity index (χ1) is 15.3. The van der Waals surface area contributed by atoms with Crippen LogP contribution in [0.2, 0.25) is 0 Å². The number of aryl methyl sites for hydroxylation is 1. The molecule has 0 atom stereocenters. The normalized spacial score (nSPS) is 11.0. The minimum absolute atomic E-state index is 0.0314. The maximum absolute atomic E-state index is 14.0. The number of rotatable bonds is 5. The van der Waals surface area contributed by atoms with Crippen molar-refractivity contribution in [3.8, 4) is 17.1 Å². The molecule has 162 valence electrons. The van der Waals surface area contributed by atoms with Crippen LogP contribution in [0.3, 0.4) is 0 Å². The van der Waals surface area contributed by atoms with Crippen LogP contribution in [0.5, 0.6) is 5.75 Å². The molecule has 0 saturated heterocycles. The highest BCUT2D eigenvalue weighted by Crippen LogP contribution is 2.30. The molecule has 0 unspecified atom stereocenters. The van der Waals surface area contributed by atoms with Crippen molar-refractivity contribution in [2.75, 3.05) is 0 Å². The summed E-state index contributed by atoms with van der Waals surface area (Å²) in [5, 5.41) is 27.1. The predicted octanol–water partition coefficient (Wildman–Crippen LogP) is 2.19. The molecule has 0 saturated carbocycles. The number of aromatic hydroxyl groups is 1. The van der Waals surface area contributed by atoms with Crippen LogP contribution in [-0.2, 0) is 17.8 Å². The van der Waals surface area contributed by atoms with E-state index in [2.05, 4.69) is 25.7 Å². The summed E-state index contributed by atoms with van der Waals surface area (Å²) >= 11 is 0. The molecule has 0 aliphatic heterocycles. The Balaban J connectivity index is 1.48. The Morgan fingerprint density at radius 3 is 2.53 bits per heavy atom. The van der Waals surface area contributed by atoms with Crippen molar-refractivity contribution in [1.29, 1.82) is 0 Å². The van der Waals surface area contributed by atoms with Gasteiger partial charge in [-0.3, -0.25) is 4.79 Å². The second-order valence-electron chi connectivity index (χ2n) is 6.91. The summed E-state index contributed by atoms with van der Waals surface area (Å²) in [5.74, 6) is -3.92. The third kappa shape index (κ3) is 4.00. The molecule has 32 heavy (non-hydrogen) atoms. The Bertz CT molecular complexity index is 1380. The first-order valence-corrected chi connectivity index (χ1v) is 9.34. The van der Waals surface area contributed by atoms with Crippen LogP contribution in [-0.4, -0.2) is 31.4 Å². The lowest BCUT2D eigenvalue weighted by atomic mass is 10.0. The Morgan fingerprint density at radius 2 is 1.84 bits per heavy atom. The number of carbonyl (C=O) groups excluding carboxylic acids is 1. The summed E-state index contributed by atoms with van der Waals surface area (Å²) in [6.07, 6.45) is 0.879. The van der Waals surface area contributed by atoms with Crippen molar-refractivity contribution in [2.24, 2.45) is 0 Å². The molecule has 0 bridgehead atoms. The molecule has 0 fully saturated rings. The van der Waals surface area contributed by atoms with Gasteiger partial charge in [0.15, 0.2) is 23.5 Å². The molecule has 11 heteroatoms. The lowest BCUT2D eigenvalue weighted by Gasteiger charge is -2.10. The van der Waals surface area contributed by atoms with Gasteiger partial charge in [-0.1, -0.05) is 24.3 Å². The Morgan fingerprint density at radius 1 is 1.16 bits per heavy atom. The molecule has 9 nitrogen and oxygen atoms in total. The van der Waals surface area contributed by atoms with Crippen molar-refractivity contribution in [1.82, 2.24) is 25.7 Å². The Hall–Kier alpha value is -4.28. The highest BCUT2D eigenvalue weighted by Gasteiger charge is 2.21. The number of amides is 1. The van der Waals surface area contributed by atoms with Gasteiger partial charge in [-0.25, -0.2) is 9.18 Å². The third-order valence-electron chi connectivity index (χ3n) is 4.89. The number of nitrogens with one attached hydrogen (secondary N) is 1. The van der Waals surface area contributed by atoms with E-state index in [1.165, 1.54) is 13.3 Å². The van der Waals surface area contributed by atoms with Crippen LogP contribution >= 0.6 is 0 Å². The number of nitrogens with zero attached hydrogens (tertiary/aromatic N) is 4. The Kier molecular flexibility index (Phi) is 5.54. The average Bonchev–Trinajstić information content (AvgIpc) is 2.81. The predicted molar refractivity (Wildman–Crippen MR) is 107 cm³/mol. The van der Waals surface area contributed by atoms with E-state index in [0.29, 0.717) is 11.4 Å². The van der Waals surface area contributed by atoms with Gasteiger partial charge < -0.3 is 14.8 Å². The number of aromatic nitrogens is 4. The lowest BCUT2D eigenvalue weighted by molar-refractivity contribution is -0.120. The van der Waals surface area contributed by atoms with Crippen LogP contribution in [0, 0.1) is 18.6 Å². The fourth-order valence-electron chi connectivity index (χ4n) is 3.16. The summed E-state index contributed by atoms with van der Waals surface area (Å²) < 4.78 is 32.7. The maximum Gasteiger partial charge on any atom is 0.340 e. The van der Waals surface area contributed by atoms with E-state index in [1.807, 2.05) is 0 Å². The van der Waals surface area contributed by atoms with Gasteiger partial charge in [0.25, 0.3) is 0 Å². The fraction of sp³-hybridized carbons (Fsp3) is 0.143. The molecule has 2 N–H and O–H groups in total. The largest absolute Gasteiger partial charge is 0.503 e. The van der Waals surface area contributed by atoms with Gasteiger partial charge in [-0.05, 0) is 24.1 Å². The number of hydrogen-bond acceptors (Lipinski definition) is 8. The summed E-state index contributed by atoms with van der Waals surface area (Å²) in [4.78, 5) is 24.7. The SMILES string of the molecule is Cc1c(CC(=O)NCc2ccc(-c3nncnn3)cc2)c(=O)oc2c(F)c(O)c(F)cc12. The summed E-state index contributed by atoms with van der Waals surface area (Å²) in [7, 11) is 0. The fourth-order valence-corrected chi connectivity index (χ4v) is 3.16. The molecule has 1 amide bonds. The zero-order chi connectivity index (χ0) is 22.8. The highest BCUT2D eigenvalue weighted by molar-refractivity contribution is 5.85. The molecular formula is C21H15F2N5O4. The summed E-state index contributed by atoms with van der Waals surface area (Å²) in [5.41, 5.74) is 0.138. The summed E-state index contributed by atoms with van der Waals surface area (Å²) in [6, 6.07) is 7.89. The molecule has 0 radical (unpaired) electrons. The monoisotopic (exact) mass is 439 g/mol. The van der Waals surface area contributed by atoms with E-state index in [4.69, 9.17) is 4.42 Å². The molecule has 2 aromatic carbocycles. The average molecular weight is 439 g/mol. The zero-order valence-electron chi connectivity index (χ0n) is 16.6. The number of benzene rings is 2. The third-order valence-corrected chi connectivity index (χ3v) is 4.89. The number of fused-ring (bicyclic) bond motifs is 1. The minimum atomic E-state index is -1.37. The van der Waals surface area contributed by atoms with Crippen LogP contribution in [0.25, 0.3) is 22.4 Å². The quantitative estimate of drug-likeness (QED) is 0.453. The molecule has 0 aliphatic rings. The van der Waals surface area contributed by atoms with Crippen LogP contribution in [0.4, 0.5) is 8.78 Å². The number of halogens is 2. The lowest BCUT2D eigenvalue weighted by Crippen LogP contribution is -2.27. The molecular weight excluding hydrogens is 424 g/mol. The van der Waals surface area contributed by atoms with E-state index < -0.39 is 34.5 Å². The van der Waals surface area contributed by atoms with Crippen molar-refractivity contribution >= 4 is 16.9 Å². The van der Waals surface area contributed by atoms with E-state index in [9.17, 15) is 23.5 Å². The van der Waals surface area contributed by atoms with Crippen molar-refractivity contribution in [3.05, 3.63) is 75.4 Å². The molecule has 2 aromatic heterocycles. The van der Waals surface area contributed by atoms with Crippen LogP contribution in [0.1, 0.15) is 16.7 Å². The first kappa shape index (κ1) is 21.0. The Labute approximate surface area is 178 Å². The number of carbonyl (C=O) groups is 1. The van der Waals surface area contributed by atoms with Crippen molar-refractivity contribution in [3.63, 3.8) is 0 Å². The van der Waals surface area contributed by atoms with Gasteiger partial charge in [0.2, 0.25) is 17.5 Å². The van der Waals surface area contributed by atoms with Crippen LogP contribution in [0.15, 0.2) is 45.9 Å². The number of hydrogen-bond donors (Lipinski definition) is 2. The first-order valence-electron chi connectivity index (χ1n) is 9.34. The van der Waals surface area contributed by atoms with E-state index in [0.717, 1.165) is 11.6 Å². The molecule has 2 heterocycles. The number of phenolic OH excluding ortho intramolecular Hbond substituents is 1. The van der Waals surface area contributed by atoms with Crippen molar-refractivity contribution < 1.29 is 23.1 Å². The maximum atomic E-state index is 14.0. The smallest absolute Gasteiger partial charge is 0.340 e. The second kappa shape index (κ2) is 8.46. The molecule has 4 rings (SSSR count). The van der Waals surface area contributed by atoms with Gasteiger partial charge in [-0.15, -0.1) is 20.4 Å². The minimum Gasteiger partial charge on any atom is -0.503 e. The van der Waals surface area contributed by atoms with Gasteiger partial charge in [0, 0.05) is 17.5 Å².